The van der Waals surface area contributed by atoms with E-state index in [1.165, 1.54) is 6.07 Å². The van der Waals surface area contributed by atoms with Crippen molar-refractivity contribution in [3.05, 3.63) is 46.7 Å². The Kier molecular flexibility index (Phi) is 4.51. The van der Waals surface area contributed by atoms with Gasteiger partial charge in [0.2, 0.25) is 5.95 Å². The van der Waals surface area contributed by atoms with Crippen molar-refractivity contribution in [1.82, 2.24) is 9.97 Å². The van der Waals surface area contributed by atoms with E-state index in [0.717, 1.165) is 24.3 Å². The summed E-state index contributed by atoms with van der Waals surface area (Å²) in [6.07, 6.45) is -4.42. The number of carbonyl (C=O) groups excluding carboxylic acids is 1. The monoisotopic (exact) mass is 330 g/mol. The third-order valence-electron chi connectivity index (χ3n) is 2.52. The third kappa shape index (κ3) is 4.32. The van der Waals surface area contributed by atoms with Gasteiger partial charge in [-0.1, -0.05) is 11.6 Å². The second-order valence-corrected chi connectivity index (χ2v) is 4.70. The lowest BCUT2D eigenvalue weighted by Crippen LogP contribution is -2.21. The van der Waals surface area contributed by atoms with Gasteiger partial charge >= 0.3 is 12.2 Å². The van der Waals surface area contributed by atoms with Gasteiger partial charge in [-0.25, -0.2) is 14.8 Å². The zero-order valence-corrected chi connectivity index (χ0v) is 12.0. The summed E-state index contributed by atoms with van der Waals surface area (Å²) < 4.78 is 37.2. The molecule has 0 bridgehead atoms. The number of hydrogen-bond acceptors (Lipinski definition) is 3. The van der Waals surface area contributed by atoms with E-state index in [-0.39, 0.29) is 16.8 Å². The molecule has 0 unspecified atom stereocenters. The first kappa shape index (κ1) is 16.0. The molecule has 9 heteroatoms. The van der Waals surface area contributed by atoms with Crippen LogP contribution in [0.2, 0.25) is 5.15 Å². The standard InChI is InChI=1S/C13H10ClF3N4O/c1-7-6-10(14)20-11(18-7)21-12(22)19-9-4-2-8(3-5-9)13(15,16)17/h2-6H,1H3,(H2,18,19,20,21,22). The molecule has 116 valence electrons. The van der Waals surface area contributed by atoms with E-state index in [1.807, 2.05) is 0 Å². The number of urea groups is 1. The van der Waals surface area contributed by atoms with Crippen molar-refractivity contribution in [3.63, 3.8) is 0 Å². The molecule has 0 atom stereocenters. The number of nitrogens with zero attached hydrogens (tertiary/aromatic N) is 2. The van der Waals surface area contributed by atoms with E-state index in [2.05, 4.69) is 20.6 Å². The fraction of sp³-hybridized carbons (Fsp3) is 0.154. The van der Waals surface area contributed by atoms with Gasteiger partial charge in [0, 0.05) is 11.4 Å². The van der Waals surface area contributed by atoms with Crippen molar-refractivity contribution >= 4 is 29.3 Å². The van der Waals surface area contributed by atoms with E-state index >= 15 is 0 Å². The number of aromatic nitrogens is 2. The topological polar surface area (TPSA) is 66.9 Å². The van der Waals surface area contributed by atoms with Crippen molar-refractivity contribution in [2.24, 2.45) is 0 Å². The predicted octanol–water partition coefficient (Wildman–Crippen LogP) is 4.10. The van der Waals surface area contributed by atoms with Crippen LogP contribution in [0.15, 0.2) is 30.3 Å². The van der Waals surface area contributed by atoms with Crippen LogP contribution in [-0.2, 0) is 6.18 Å². The number of halogens is 4. The van der Waals surface area contributed by atoms with Gasteiger partial charge in [-0.05, 0) is 37.3 Å². The summed E-state index contributed by atoms with van der Waals surface area (Å²) in [7, 11) is 0. The molecule has 1 heterocycles. The highest BCUT2D eigenvalue weighted by atomic mass is 35.5. The molecule has 0 spiro atoms. The fourth-order valence-electron chi connectivity index (χ4n) is 1.59. The number of amides is 2. The second-order valence-electron chi connectivity index (χ2n) is 4.31. The molecule has 2 N–H and O–H groups in total. The van der Waals surface area contributed by atoms with Crippen LogP contribution in [0, 0.1) is 6.92 Å². The molecule has 22 heavy (non-hydrogen) atoms. The van der Waals surface area contributed by atoms with Crippen LogP contribution in [0.25, 0.3) is 0 Å². The summed E-state index contributed by atoms with van der Waals surface area (Å²) in [4.78, 5) is 19.5. The first-order chi connectivity index (χ1) is 10.2. The van der Waals surface area contributed by atoms with Gasteiger partial charge in [0.15, 0.2) is 0 Å². The molecule has 1 aromatic carbocycles. The Morgan fingerprint density at radius 2 is 1.77 bits per heavy atom. The van der Waals surface area contributed by atoms with Gasteiger partial charge < -0.3 is 5.32 Å². The Bertz CT molecular complexity index is 668. The molecule has 0 saturated carbocycles. The lowest BCUT2D eigenvalue weighted by atomic mass is 10.2. The van der Waals surface area contributed by atoms with Crippen LogP contribution in [0.4, 0.5) is 29.6 Å². The van der Waals surface area contributed by atoms with Gasteiger partial charge in [0.05, 0.1) is 5.56 Å². The Labute approximate surface area is 128 Å². The Morgan fingerprint density at radius 3 is 2.32 bits per heavy atom. The molecule has 0 fully saturated rings. The van der Waals surface area contributed by atoms with Crippen molar-refractivity contribution < 1.29 is 18.0 Å². The smallest absolute Gasteiger partial charge is 0.308 e. The lowest BCUT2D eigenvalue weighted by Gasteiger charge is -2.09. The number of anilines is 2. The summed E-state index contributed by atoms with van der Waals surface area (Å²) >= 11 is 5.72. The normalized spacial score (nSPS) is 11.1. The maximum Gasteiger partial charge on any atom is 0.416 e. The zero-order valence-electron chi connectivity index (χ0n) is 11.2. The molecule has 2 amide bonds. The fourth-order valence-corrected chi connectivity index (χ4v) is 1.83. The number of benzene rings is 1. The van der Waals surface area contributed by atoms with Crippen LogP contribution < -0.4 is 10.6 Å². The minimum atomic E-state index is -4.42. The van der Waals surface area contributed by atoms with Gasteiger partial charge in [0.25, 0.3) is 0 Å². The van der Waals surface area contributed by atoms with E-state index in [4.69, 9.17) is 11.6 Å². The molecule has 2 aromatic rings. The maximum absolute atomic E-state index is 12.4. The zero-order chi connectivity index (χ0) is 16.3. The number of rotatable bonds is 2. The maximum atomic E-state index is 12.4. The van der Waals surface area contributed by atoms with Crippen LogP contribution in [0.3, 0.4) is 0 Å². The molecule has 0 radical (unpaired) electrons. The van der Waals surface area contributed by atoms with E-state index in [0.29, 0.717) is 5.69 Å². The van der Waals surface area contributed by atoms with Crippen LogP contribution in [0.5, 0.6) is 0 Å². The van der Waals surface area contributed by atoms with Gasteiger partial charge in [-0.15, -0.1) is 0 Å². The Morgan fingerprint density at radius 1 is 1.14 bits per heavy atom. The van der Waals surface area contributed by atoms with E-state index in [1.54, 1.807) is 6.92 Å². The minimum absolute atomic E-state index is 0.00517. The Balaban J connectivity index is 2.03. The quantitative estimate of drug-likeness (QED) is 0.815. The number of nitrogens with one attached hydrogen (secondary N) is 2. The summed E-state index contributed by atoms with van der Waals surface area (Å²) in [6, 6.07) is 4.85. The molecule has 2 rings (SSSR count). The number of aryl methyl sites for hydroxylation is 1. The average molecular weight is 331 g/mol. The summed E-state index contributed by atoms with van der Waals surface area (Å²) in [5, 5.41) is 4.87. The molecular weight excluding hydrogens is 321 g/mol. The summed E-state index contributed by atoms with van der Waals surface area (Å²) in [6.45, 7) is 1.67. The van der Waals surface area contributed by atoms with Crippen molar-refractivity contribution in [1.29, 1.82) is 0 Å². The van der Waals surface area contributed by atoms with Crippen LogP contribution in [-0.4, -0.2) is 16.0 Å². The SMILES string of the molecule is Cc1cc(Cl)nc(NC(=O)Nc2ccc(C(F)(F)F)cc2)n1. The second kappa shape index (κ2) is 6.18. The largest absolute Gasteiger partial charge is 0.416 e. The average Bonchev–Trinajstić information content (AvgIpc) is 2.36. The highest BCUT2D eigenvalue weighted by molar-refractivity contribution is 6.29. The first-order valence-electron chi connectivity index (χ1n) is 6.00. The number of carbonyl (C=O) groups is 1. The number of hydrogen-bond donors (Lipinski definition) is 2. The van der Waals surface area contributed by atoms with E-state index in [9.17, 15) is 18.0 Å². The Hall–Kier alpha value is -2.35. The molecule has 0 saturated heterocycles. The lowest BCUT2D eigenvalue weighted by molar-refractivity contribution is -0.137. The van der Waals surface area contributed by atoms with Crippen LogP contribution >= 0.6 is 11.6 Å². The number of alkyl halides is 3. The minimum Gasteiger partial charge on any atom is -0.308 e. The van der Waals surface area contributed by atoms with Gasteiger partial charge in [-0.2, -0.15) is 13.2 Å². The molecular formula is C13H10ClF3N4O. The molecule has 0 aliphatic heterocycles. The molecule has 1 aromatic heterocycles. The van der Waals surface area contributed by atoms with E-state index < -0.39 is 17.8 Å². The highest BCUT2D eigenvalue weighted by Crippen LogP contribution is 2.29. The summed E-state index contributed by atoms with van der Waals surface area (Å²) in [5.41, 5.74) is -0.0404. The molecule has 0 aliphatic rings. The first-order valence-corrected chi connectivity index (χ1v) is 6.38. The summed E-state index contributed by atoms with van der Waals surface area (Å²) in [5.74, 6) is -0.00517. The molecule has 5 nitrogen and oxygen atoms in total. The highest BCUT2D eigenvalue weighted by Gasteiger charge is 2.29. The van der Waals surface area contributed by atoms with Gasteiger partial charge in [0.1, 0.15) is 5.15 Å². The third-order valence-corrected chi connectivity index (χ3v) is 2.71. The molecule has 0 aliphatic carbocycles. The van der Waals surface area contributed by atoms with Crippen molar-refractivity contribution in [2.45, 2.75) is 13.1 Å². The van der Waals surface area contributed by atoms with Crippen molar-refractivity contribution in [3.8, 4) is 0 Å². The van der Waals surface area contributed by atoms with Crippen LogP contribution in [0.1, 0.15) is 11.3 Å². The predicted molar refractivity (Wildman–Crippen MR) is 75.9 cm³/mol. The van der Waals surface area contributed by atoms with Gasteiger partial charge in [-0.3, -0.25) is 5.32 Å². The van der Waals surface area contributed by atoms with Crippen molar-refractivity contribution in [2.75, 3.05) is 10.6 Å².